The van der Waals surface area contributed by atoms with Crippen LogP contribution in [0.1, 0.15) is 112 Å². The third kappa shape index (κ3) is 10.5. The minimum atomic E-state index is 0.103. The Balaban J connectivity index is 1.17. The van der Waals surface area contributed by atoms with Crippen molar-refractivity contribution < 1.29 is 0 Å². The number of hydrogen-bond acceptors (Lipinski definition) is 3. The summed E-state index contributed by atoms with van der Waals surface area (Å²) in [5, 5.41) is 0. The lowest BCUT2D eigenvalue weighted by Crippen LogP contribution is -2.10. The summed E-state index contributed by atoms with van der Waals surface area (Å²) in [5.74, 6) is 21.6. The van der Waals surface area contributed by atoms with Gasteiger partial charge in [-0.1, -0.05) is 134 Å². The standard InChI is InChI=1S/C57H51N3/c1-55(2,3)49-34-22-43(23-35-49)13-10-40-16-28-46(29-17-40)52-58-53(47-30-18-41(19-31-47)11-14-44-24-36-50(37-25-44)56(4,5)6)60-54(59-52)48-32-20-42(21-33-48)12-15-45-26-38-51(39-27-45)57(7,8)9/h16-39H,1-9H3. The highest BCUT2D eigenvalue weighted by atomic mass is 15.0. The van der Waals surface area contributed by atoms with Gasteiger partial charge in [-0.15, -0.1) is 0 Å². The third-order valence-corrected chi connectivity index (χ3v) is 10.4. The van der Waals surface area contributed by atoms with Crippen molar-refractivity contribution in [3.8, 4) is 69.7 Å². The van der Waals surface area contributed by atoms with E-state index in [0.29, 0.717) is 17.5 Å². The first-order valence-electron chi connectivity index (χ1n) is 20.5. The van der Waals surface area contributed by atoms with E-state index in [1.54, 1.807) is 0 Å². The van der Waals surface area contributed by atoms with Crippen LogP contribution in [0.4, 0.5) is 0 Å². The van der Waals surface area contributed by atoms with Gasteiger partial charge in [0, 0.05) is 50.1 Å². The third-order valence-electron chi connectivity index (χ3n) is 10.4. The van der Waals surface area contributed by atoms with Crippen LogP contribution in [0.25, 0.3) is 34.2 Å². The Morgan fingerprint density at radius 1 is 0.250 bits per heavy atom. The van der Waals surface area contributed by atoms with Crippen LogP contribution in [-0.4, -0.2) is 15.0 Å². The first kappa shape index (κ1) is 41.2. The normalized spacial score (nSPS) is 11.3. The van der Waals surface area contributed by atoms with E-state index < -0.39 is 0 Å². The Morgan fingerprint density at radius 3 is 0.583 bits per heavy atom. The van der Waals surface area contributed by atoms with Crippen molar-refractivity contribution >= 4 is 0 Å². The molecule has 0 radical (unpaired) electrons. The monoisotopic (exact) mass is 777 g/mol. The molecule has 0 saturated heterocycles. The van der Waals surface area contributed by atoms with Crippen molar-refractivity contribution in [1.82, 2.24) is 15.0 Å². The molecule has 0 saturated carbocycles. The molecule has 0 amide bonds. The molecular formula is C57H51N3. The van der Waals surface area contributed by atoms with E-state index in [2.05, 4.69) is 171 Å². The van der Waals surface area contributed by atoms with Gasteiger partial charge in [0.2, 0.25) is 0 Å². The molecule has 0 spiro atoms. The van der Waals surface area contributed by atoms with Crippen LogP contribution in [0.15, 0.2) is 146 Å². The van der Waals surface area contributed by atoms with Gasteiger partial charge in [-0.05, 0) is 142 Å². The molecule has 294 valence electrons. The van der Waals surface area contributed by atoms with Crippen molar-refractivity contribution in [1.29, 1.82) is 0 Å². The van der Waals surface area contributed by atoms with Gasteiger partial charge in [0.15, 0.2) is 17.5 Å². The Kier molecular flexibility index (Phi) is 11.7. The second-order valence-corrected chi connectivity index (χ2v) is 18.3. The fraction of sp³-hybridized carbons (Fsp3) is 0.211. The van der Waals surface area contributed by atoms with Crippen LogP contribution < -0.4 is 0 Å². The zero-order chi connectivity index (χ0) is 42.5. The summed E-state index contributed by atoms with van der Waals surface area (Å²) in [6, 6.07) is 49.7. The lowest BCUT2D eigenvalue weighted by Gasteiger charge is -2.18. The zero-order valence-electron chi connectivity index (χ0n) is 36.2. The maximum atomic E-state index is 4.99. The minimum absolute atomic E-state index is 0.103. The summed E-state index contributed by atoms with van der Waals surface area (Å²) in [5.41, 5.74) is 12.5. The van der Waals surface area contributed by atoms with E-state index in [4.69, 9.17) is 15.0 Å². The topological polar surface area (TPSA) is 38.7 Å². The van der Waals surface area contributed by atoms with Gasteiger partial charge in [0.1, 0.15) is 0 Å². The molecule has 7 rings (SSSR count). The van der Waals surface area contributed by atoms with Crippen LogP contribution in [-0.2, 0) is 16.2 Å². The largest absolute Gasteiger partial charge is 0.208 e. The summed E-state index contributed by atoms with van der Waals surface area (Å²) < 4.78 is 0. The first-order valence-corrected chi connectivity index (χ1v) is 20.5. The second-order valence-electron chi connectivity index (χ2n) is 18.3. The van der Waals surface area contributed by atoms with Crippen molar-refractivity contribution in [2.24, 2.45) is 0 Å². The highest BCUT2D eigenvalue weighted by Gasteiger charge is 2.16. The number of rotatable bonds is 3. The van der Waals surface area contributed by atoms with Crippen molar-refractivity contribution in [3.63, 3.8) is 0 Å². The molecular weight excluding hydrogens is 727 g/mol. The Morgan fingerprint density at radius 2 is 0.417 bits per heavy atom. The molecule has 1 heterocycles. The van der Waals surface area contributed by atoms with Gasteiger partial charge < -0.3 is 0 Å². The average Bonchev–Trinajstić information content (AvgIpc) is 3.24. The maximum absolute atomic E-state index is 4.99. The number of benzene rings is 6. The molecule has 0 bridgehead atoms. The van der Waals surface area contributed by atoms with E-state index in [9.17, 15) is 0 Å². The molecule has 0 N–H and O–H groups in total. The summed E-state index contributed by atoms with van der Waals surface area (Å²) in [4.78, 5) is 15.0. The average molecular weight is 778 g/mol. The van der Waals surface area contributed by atoms with Gasteiger partial charge >= 0.3 is 0 Å². The van der Waals surface area contributed by atoms with Gasteiger partial charge in [-0.2, -0.15) is 0 Å². The summed E-state index contributed by atoms with van der Waals surface area (Å²) in [6.45, 7) is 20.0. The lowest BCUT2D eigenvalue weighted by atomic mass is 9.87. The number of nitrogens with zero attached hydrogens (tertiary/aromatic N) is 3. The quantitative estimate of drug-likeness (QED) is 0.168. The molecule has 3 nitrogen and oxygen atoms in total. The smallest absolute Gasteiger partial charge is 0.164 e. The van der Waals surface area contributed by atoms with Crippen molar-refractivity contribution in [2.75, 3.05) is 0 Å². The molecule has 0 aliphatic rings. The van der Waals surface area contributed by atoms with Gasteiger partial charge in [0.05, 0.1) is 0 Å². The highest BCUT2D eigenvalue weighted by Crippen LogP contribution is 2.27. The van der Waals surface area contributed by atoms with E-state index in [-0.39, 0.29) is 16.2 Å². The molecule has 1 aromatic heterocycles. The van der Waals surface area contributed by atoms with Crippen molar-refractivity contribution in [3.05, 3.63) is 196 Å². The fourth-order valence-corrected chi connectivity index (χ4v) is 6.46. The maximum Gasteiger partial charge on any atom is 0.164 e. The van der Waals surface area contributed by atoms with Crippen LogP contribution in [0.2, 0.25) is 0 Å². The van der Waals surface area contributed by atoms with Gasteiger partial charge in [-0.25, -0.2) is 15.0 Å². The Labute approximate surface area is 357 Å². The van der Waals surface area contributed by atoms with Gasteiger partial charge in [0.25, 0.3) is 0 Å². The van der Waals surface area contributed by atoms with Crippen LogP contribution >= 0.6 is 0 Å². The SMILES string of the molecule is CC(C)(C)c1ccc(C#Cc2ccc(-c3nc(-c4ccc(C#Cc5ccc(C(C)(C)C)cc5)cc4)nc(-c4ccc(C#Cc5ccc(C(C)(C)C)cc5)cc4)n3)cc2)cc1. The van der Waals surface area contributed by atoms with Crippen LogP contribution in [0.5, 0.6) is 0 Å². The minimum Gasteiger partial charge on any atom is -0.208 e. The molecule has 0 aliphatic heterocycles. The van der Waals surface area contributed by atoms with Crippen molar-refractivity contribution in [2.45, 2.75) is 78.6 Å². The molecule has 0 fully saturated rings. The highest BCUT2D eigenvalue weighted by molar-refractivity contribution is 5.68. The van der Waals surface area contributed by atoms with E-state index in [1.165, 1.54) is 16.7 Å². The molecule has 7 aromatic rings. The fourth-order valence-electron chi connectivity index (χ4n) is 6.46. The van der Waals surface area contributed by atoms with Crippen LogP contribution in [0.3, 0.4) is 0 Å². The van der Waals surface area contributed by atoms with E-state index >= 15 is 0 Å². The molecule has 60 heavy (non-hydrogen) atoms. The van der Waals surface area contributed by atoms with E-state index in [0.717, 1.165) is 50.1 Å². The summed E-state index contributed by atoms with van der Waals surface area (Å²) in [7, 11) is 0. The molecule has 0 aliphatic carbocycles. The molecule has 3 heteroatoms. The van der Waals surface area contributed by atoms with E-state index in [1.807, 2.05) is 72.8 Å². The predicted octanol–water partition coefficient (Wildman–Crippen LogP) is 13.0. The summed E-state index contributed by atoms with van der Waals surface area (Å²) in [6.07, 6.45) is 0. The second kappa shape index (κ2) is 17.1. The van der Waals surface area contributed by atoms with Gasteiger partial charge in [-0.3, -0.25) is 0 Å². The predicted molar refractivity (Wildman–Crippen MR) is 250 cm³/mol. The molecule has 0 atom stereocenters. The first-order chi connectivity index (χ1) is 28.6. The lowest BCUT2D eigenvalue weighted by molar-refractivity contribution is 0.590. The number of aromatic nitrogens is 3. The molecule has 0 unspecified atom stereocenters. The number of hydrogen-bond donors (Lipinski definition) is 0. The molecule has 6 aromatic carbocycles. The van der Waals surface area contributed by atoms with Crippen LogP contribution in [0, 0.1) is 35.5 Å². The summed E-state index contributed by atoms with van der Waals surface area (Å²) >= 11 is 0. The zero-order valence-corrected chi connectivity index (χ0v) is 36.2. The Bertz CT molecular complexity index is 2460. The Hall–Kier alpha value is -6.99.